The Morgan fingerprint density at radius 2 is 2.03 bits per heavy atom. The second kappa shape index (κ2) is 8.00. The van der Waals surface area contributed by atoms with Crippen LogP contribution in [0.25, 0.3) is 6.08 Å². The summed E-state index contributed by atoms with van der Waals surface area (Å²) in [5.74, 6) is 0.638. The Hall–Kier alpha value is -3.26. The highest BCUT2D eigenvalue weighted by molar-refractivity contribution is 7.99. The lowest BCUT2D eigenvalue weighted by atomic mass is 10.1. The summed E-state index contributed by atoms with van der Waals surface area (Å²) < 4.78 is 21.6. The number of nitrogens with one attached hydrogen (secondary N) is 1. The van der Waals surface area contributed by atoms with Gasteiger partial charge in [-0.15, -0.1) is 0 Å². The van der Waals surface area contributed by atoms with E-state index < -0.39 is 11.7 Å². The number of hydrogen-bond acceptors (Lipinski definition) is 5. The molecule has 8 heteroatoms. The minimum Gasteiger partial charge on any atom is -0.497 e. The number of halogens is 1. The van der Waals surface area contributed by atoms with E-state index in [1.807, 2.05) is 47.6 Å². The van der Waals surface area contributed by atoms with Crippen molar-refractivity contribution < 1.29 is 13.9 Å². The molecule has 6 nitrogen and oxygen atoms in total. The molecular weight excluding hydrogens is 391 g/mol. The molecule has 0 atom stereocenters. The maximum absolute atomic E-state index is 14.4. The number of nitrogens with zero attached hydrogens (tertiary/aromatic N) is 3. The summed E-state index contributed by atoms with van der Waals surface area (Å²) in [5, 5.41) is 3.41. The van der Waals surface area contributed by atoms with Gasteiger partial charge in [-0.05, 0) is 48.5 Å². The Bertz CT molecular complexity index is 1080. The molecular formula is C21H19FN4O2S. The molecule has 2 aromatic carbocycles. The van der Waals surface area contributed by atoms with Crippen molar-refractivity contribution in [3.05, 3.63) is 72.1 Å². The highest BCUT2D eigenvalue weighted by Crippen LogP contribution is 2.32. The van der Waals surface area contributed by atoms with Gasteiger partial charge in [0, 0.05) is 23.8 Å². The third kappa shape index (κ3) is 3.84. The highest BCUT2D eigenvalue weighted by atomic mass is 32.2. The summed E-state index contributed by atoms with van der Waals surface area (Å²) in [6, 6.07) is 12.4. The predicted octanol–water partition coefficient (Wildman–Crippen LogP) is 3.99. The van der Waals surface area contributed by atoms with E-state index in [0.29, 0.717) is 12.4 Å². The zero-order chi connectivity index (χ0) is 20.4. The molecule has 1 aliphatic heterocycles. The van der Waals surface area contributed by atoms with Crippen molar-refractivity contribution in [3.8, 4) is 5.75 Å². The maximum atomic E-state index is 14.4. The van der Waals surface area contributed by atoms with Crippen molar-refractivity contribution >= 4 is 29.4 Å². The Kier molecular flexibility index (Phi) is 5.26. The first-order valence-electron chi connectivity index (χ1n) is 8.93. The van der Waals surface area contributed by atoms with Crippen LogP contribution in [0.2, 0.25) is 0 Å². The van der Waals surface area contributed by atoms with Gasteiger partial charge in [-0.2, -0.15) is 0 Å². The Morgan fingerprint density at radius 3 is 2.72 bits per heavy atom. The van der Waals surface area contributed by atoms with Crippen molar-refractivity contribution in [1.82, 2.24) is 14.9 Å². The van der Waals surface area contributed by atoms with Crippen molar-refractivity contribution in [2.24, 2.45) is 0 Å². The first-order chi connectivity index (χ1) is 14.1. The lowest BCUT2D eigenvalue weighted by Gasteiger charge is -2.26. The van der Waals surface area contributed by atoms with Gasteiger partial charge >= 0.3 is 0 Å². The number of benzene rings is 2. The van der Waals surface area contributed by atoms with E-state index in [9.17, 15) is 9.18 Å². The molecule has 2 heterocycles. The molecule has 0 fully saturated rings. The number of ether oxygens (including phenoxy) is 1. The molecule has 29 heavy (non-hydrogen) atoms. The molecule has 3 aromatic rings. The minimum atomic E-state index is -0.556. The smallest absolute Gasteiger partial charge is 0.253 e. The third-order valence-corrected chi connectivity index (χ3v) is 5.63. The quantitative estimate of drug-likeness (QED) is 0.689. The van der Waals surface area contributed by atoms with Crippen LogP contribution in [0.3, 0.4) is 0 Å². The van der Waals surface area contributed by atoms with Crippen molar-refractivity contribution in [1.29, 1.82) is 0 Å². The molecule has 0 unspecified atom stereocenters. The minimum absolute atomic E-state index is 0.0244. The largest absolute Gasteiger partial charge is 0.497 e. The Morgan fingerprint density at radius 1 is 1.24 bits per heavy atom. The molecule has 1 N–H and O–H groups in total. The molecule has 0 bridgehead atoms. The third-order valence-electron chi connectivity index (χ3n) is 4.59. The normalized spacial score (nSPS) is 12.6. The molecule has 0 aliphatic carbocycles. The SMILES string of the molecule is CNC(=O)c1ccc(N2C=Cc3ncc(Sc4ccc(OC)cc4)n3C2)cc1F. The van der Waals surface area contributed by atoms with Gasteiger partial charge < -0.3 is 19.5 Å². The number of amides is 1. The maximum Gasteiger partial charge on any atom is 0.253 e. The topological polar surface area (TPSA) is 59.4 Å². The molecule has 1 aromatic heterocycles. The molecule has 0 radical (unpaired) electrons. The second-order valence-electron chi connectivity index (χ2n) is 6.33. The van der Waals surface area contributed by atoms with E-state index >= 15 is 0 Å². The van der Waals surface area contributed by atoms with Crippen LogP contribution in [0.4, 0.5) is 10.1 Å². The monoisotopic (exact) mass is 410 g/mol. The van der Waals surface area contributed by atoms with Gasteiger partial charge in [0.1, 0.15) is 29.1 Å². The lowest BCUT2D eigenvalue weighted by molar-refractivity contribution is 0.0959. The zero-order valence-corrected chi connectivity index (χ0v) is 16.7. The van der Waals surface area contributed by atoms with Crippen LogP contribution in [-0.4, -0.2) is 29.6 Å². The van der Waals surface area contributed by atoms with Gasteiger partial charge in [0.25, 0.3) is 5.91 Å². The fourth-order valence-electron chi connectivity index (χ4n) is 3.02. The summed E-state index contributed by atoms with van der Waals surface area (Å²) >= 11 is 1.60. The molecule has 4 rings (SSSR count). The van der Waals surface area contributed by atoms with Gasteiger partial charge in [-0.3, -0.25) is 4.79 Å². The fraction of sp³-hybridized carbons (Fsp3) is 0.143. The summed E-state index contributed by atoms with van der Waals surface area (Å²) in [6.07, 6.45) is 5.57. The molecule has 0 spiro atoms. The van der Waals surface area contributed by atoms with E-state index in [1.54, 1.807) is 24.9 Å². The van der Waals surface area contributed by atoms with Crippen molar-refractivity contribution in [2.45, 2.75) is 16.6 Å². The van der Waals surface area contributed by atoms with Gasteiger partial charge in [0.2, 0.25) is 0 Å². The number of anilines is 1. The lowest BCUT2D eigenvalue weighted by Crippen LogP contribution is -2.25. The number of carbonyl (C=O) groups excluding carboxylic acids is 1. The van der Waals surface area contributed by atoms with Crippen LogP contribution in [-0.2, 0) is 6.67 Å². The first kappa shape index (κ1) is 19.1. The Balaban J connectivity index is 1.56. The average molecular weight is 410 g/mol. The number of hydrogen-bond donors (Lipinski definition) is 1. The molecule has 0 saturated carbocycles. The molecule has 148 valence electrons. The summed E-state index contributed by atoms with van der Waals surface area (Å²) in [5.41, 5.74) is 0.683. The van der Waals surface area contributed by atoms with Gasteiger partial charge in [0.15, 0.2) is 0 Å². The van der Waals surface area contributed by atoms with Crippen LogP contribution >= 0.6 is 11.8 Å². The summed E-state index contributed by atoms with van der Waals surface area (Å²) in [6.45, 7) is 0.489. The van der Waals surface area contributed by atoms with Crippen LogP contribution in [0.15, 0.2) is 64.8 Å². The summed E-state index contributed by atoms with van der Waals surface area (Å²) in [4.78, 5) is 19.1. The zero-order valence-electron chi connectivity index (χ0n) is 15.9. The van der Waals surface area contributed by atoms with E-state index in [2.05, 4.69) is 14.9 Å². The van der Waals surface area contributed by atoms with Crippen molar-refractivity contribution in [2.75, 3.05) is 19.1 Å². The van der Waals surface area contributed by atoms with E-state index in [1.165, 1.54) is 19.2 Å². The number of rotatable bonds is 5. The number of carbonyl (C=O) groups is 1. The summed E-state index contributed by atoms with van der Waals surface area (Å²) in [7, 11) is 3.12. The van der Waals surface area contributed by atoms with Crippen molar-refractivity contribution in [3.63, 3.8) is 0 Å². The molecule has 1 aliphatic rings. The highest BCUT2D eigenvalue weighted by Gasteiger charge is 2.19. The average Bonchev–Trinajstić information content (AvgIpc) is 3.15. The fourth-order valence-corrected chi connectivity index (χ4v) is 3.90. The standard InChI is InChI=1S/C21H19FN4O2S/c1-23-21(27)17-8-3-14(11-18(17)22)25-10-9-19-24-12-20(26(19)13-25)29-16-6-4-15(28-2)5-7-16/h3-12H,13H2,1-2H3,(H,23,27). The van der Waals surface area contributed by atoms with Crippen LogP contribution < -0.4 is 15.0 Å². The van der Waals surface area contributed by atoms with Crippen LogP contribution in [0.1, 0.15) is 16.2 Å². The molecule has 0 saturated heterocycles. The molecule has 1 amide bonds. The van der Waals surface area contributed by atoms with Crippen LogP contribution in [0, 0.1) is 5.82 Å². The number of imidazole rings is 1. The number of methoxy groups -OCH3 is 1. The predicted molar refractivity (Wildman–Crippen MR) is 111 cm³/mol. The number of fused-ring (bicyclic) bond motifs is 1. The van der Waals surface area contributed by atoms with E-state index in [0.717, 1.165) is 21.5 Å². The van der Waals surface area contributed by atoms with E-state index in [4.69, 9.17) is 4.74 Å². The van der Waals surface area contributed by atoms with Gasteiger partial charge in [-0.25, -0.2) is 9.37 Å². The second-order valence-corrected chi connectivity index (χ2v) is 7.42. The van der Waals surface area contributed by atoms with E-state index in [-0.39, 0.29) is 5.56 Å². The first-order valence-corrected chi connectivity index (χ1v) is 9.74. The van der Waals surface area contributed by atoms with Gasteiger partial charge in [-0.1, -0.05) is 11.8 Å². The van der Waals surface area contributed by atoms with Gasteiger partial charge in [0.05, 0.1) is 18.9 Å². The Labute approximate surface area is 172 Å². The number of aromatic nitrogens is 2. The van der Waals surface area contributed by atoms with Crippen LogP contribution in [0.5, 0.6) is 5.75 Å².